The molecule has 2 aliphatic carbocycles. The Morgan fingerprint density at radius 1 is 1.20 bits per heavy atom. The summed E-state index contributed by atoms with van der Waals surface area (Å²) in [6, 6.07) is 2.56. The van der Waals surface area contributed by atoms with Crippen LogP contribution >= 0.6 is 0 Å². The lowest BCUT2D eigenvalue weighted by Gasteiger charge is -2.38. The maximum absolute atomic E-state index is 12.6. The summed E-state index contributed by atoms with van der Waals surface area (Å²) < 4.78 is 5.43. The fraction of sp³-hybridized carbons (Fsp3) is 0.542. The van der Waals surface area contributed by atoms with Crippen LogP contribution in [0.5, 0.6) is 0 Å². The molecule has 1 aromatic rings. The number of nitrogens with zero attached hydrogens (tertiary/aromatic N) is 4. The fourth-order valence-electron chi connectivity index (χ4n) is 4.19. The first-order chi connectivity index (χ1) is 16.5. The first kappa shape index (κ1) is 26.0. The molecule has 3 amide bonds. The van der Waals surface area contributed by atoms with Crippen LogP contribution in [0, 0.1) is 12.3 Å². The van der Waals surface area contributed by atoms with Gasteiger partial charge in [0.05, 0.1) is 13.1 Å². The highest BCUT2D eigenvalue weighted by molar-refractivity contribution is 6.39. The number of hydrogen-bond donors (Lipinski definition) is 3. The molecule has 1 fully saturated rings. The second kappa shape index (κ2) is 10.7. The third-order valence-corrected chi connectivity index (χ3v) is 5.89. The summed E-state index contributed by atoms with van der Waals surface area (Å²) in [7, 11) is 1.55. The van der Waals surface area contributed by atoms with Gasteiger partial charge in [-0.1, -0.05) is 22.9 Å². The van der Waals surface area contributed by atoms with Crippen molar-refractivity contribution >= 4 is 29.9 Å². The Bertz CT molecular complexity index is 1040. The SMILES string of the molecule is CN=N/N=C\CC1=C[C@@]12CC[C@H](NC(=O)C(=O)Nc1ccc(C)cn1)[C@H](NC(=O)OC(C)(C)C)C2. The molecule has 35 heavy (non-hydrogen) atoms. The molecule has 3 rings (SSSR count). The maximum Gasteiger partial charge on any atom is 0.407 e. The summed E-state index contributed by atoms with van der Waals surface area (Å²) in [6.45, 7) is 7.23. The van der Waals surface area contributed by atoms with Gasteiger partial charge in [0.15, 0.2) is 0 Å². The summed E-state index contributed by atoms with van der Waals surface area (Å²) in [6.07, 6.45) is 7.47. The molecule has 0 bridgehead atoms. The zero-order valence-corrected chi connectivity index (χ0v) is 20.8. The minimum Gasteiger partial charge on any atom is -0.444 e. The Kier molecular flexibility index (Phi) is 7.98. The van der Waals surface area contributed by atoms with E-state index in [0.29, 0.717) is 19.3 Å². The number of aryl methyl sites for hydroxylation is 1. The summed E-state index contributed by atoms with van der Waals surface area (Å²) in [5.74, 6) is -1.31. The summed E-state index contributed by atoms with van der Waals surface area (Å²) in [5.41, 5.74) is 1.33. The molecule has 1 saturated carbocycles. The van der Waals surface area contributed by atoms with Gasteiger partial charge in [-0.2, -0.15) is 5.11 Å². The van der Waals surface area contributed by atoms with E-state index in [1.165, 1.54) is 5.57 Å². The smallest absolute Gasteiger partial charge is 0.407 e. The lowest BCUT2D eigenvalue weighted by atomic mass is 9.76. The Morgan fingerprint density at radius 3 is 2.63 bits per heavy atom. The van der Waals surface area contributed by atoms with Crippen molar-refractivity contribution in [2.45, 2.75) is 71.1 Å². The molecule has 188 valence electrons. The number of anilines is 1. The van der Waals surface area contributed by atoms with Crippen molar-refractivity contribution in [3.8, 4) is 0 Å². The van der Waals surface area contributed by atoms with Gasteiger partial charge < -0.3 is 20.7 Å². The standard InChI is InChI=1S/C24H33N7O4/c1-15-6-7-19(26-14-15)30-21(33)20(32)28-17-8-10-24(12-16(24)9-11-27-31-25-5)13-18(17)29-22(34)35-23(2,3)4/h6-7,11-12,14,17-18H,8-10,13H2,1-5H3,(H,28,32)(H,29,34)(H,26,30,33)/b27-11-,31-25?/t17-,18+,24+/m0/s1. The third-order valence-electron chi connectivity index (χ3n) is 5.89. The van der Waals surface area contributed by atoms with Gasteiger partial charge in [-0.15, -0.1) is 5.10 Å². The van der Waals surface area contributed by atoms with Crippen molar-refractivity contribution in [1.82, 2.24) is 15.6 Å². The highest BCUT2D eigenvalue weighted by atomic mass is 16.6. The first-order valence-electron chi connectivity index (χ1n) is 11.6. The van der Waals surface area contributed by atoms with E-state index >= 15 is 0 Å². The molecule has 1 aromatic heterocycles. The summed E-state index contributed by atoms with van der Waals surface area (Å²) in [4.78, 5) is 41.7. The molecule has 3 N–H and O–H groups in total. The number of allylic oxidation sites excluding steroid dienone is 2. The molecule has 0 unspecified atom stereocenters. The largest absolute Gasteiger partial charge is 0.444 e. The number of amides is 3. The molecule has 11 nitrogen and oxygen atoms in total. The maximum atomic E-state index is 12.6. The van der Waals surface area contributed by atoms with E-state index in [2.05, 4.69) is 42.4 Å². The van der Waals surface area contributed by atoms with Gasteiger partial charge >= 0.3 is 17.9 Å². The van der Waals surface area contributed by atoms with E-state index in [9.17, 15) is 14.4 Å². The van der Waals surface area contributed by atoms with Crippen LogP contribution in [0.1, 0.15) is 52.0 Å². The van der Waals surface area contributed by atoms with E-state index in [-0.39, 0.29) is 11.2 Å². The van der Waals surface area contributed by atoms with Gasteiger partial charge in [-0.05, 0) is 58.6 Å². The van der Waals surface area contributed by atoms with Crippen LogP contribution in [0.4, 0.5) is 10.6 Å². The number of nitrogens with one attached hydrogen (secondary N) is 3. The Balaban J connectivity index is 1.64. The number of pyridine rings is 1. The highest BCUT2D eigenvalue weighted by Gasteiger charge is 2.50. The molecule has 0 aromatic carbocycles. The van der Waals surface area contributed by atoms with Gasteiger partial charge in [-0.25, -0.2) is 9.78 Å². The van der Waals surface area contributed by atoms with Crippen LogP contribution in [0.2, 0.25) is 0 Å². The monoisotopic (exact) mass is 483 g/mol. The molecule has 1 spiro atoms. The third kappa shape index (κ3) is 7.43. The Hall–Kier alpha value is -3.63. The number of alkyl carbamates (subject to hydrolysis) is 1. The van der Waals surface area contributed by atoms with Crippen molar-refractivity contribution in [2.75, 3.05) is 12.4 Å². The second-order valence-electron chi connectivity index (χ2n) is 9.87. The highest BCUT2D eigenvalue weighted by Crippen LogP contribution is 2.55. The molecule has 11 heteroatoms. The summed E-state index contributed by atoms with van der Waals surface area (Å²) in [5, 5.41) is 19.2. The molecule has 3 atom stereocenters. The summed E-state index contributed by atoms with van der Waals surface area (Å²) >= 11 is 0. The average molecular weight is 484 g/mol. The molecule has 1 heterocycles. The minimum atomic E-state index is -0.816. The molecule has 0 saturated heterocycles. The molecule has 0 radical (unpaired) electrons. The van der Waals surface area contributed by atoms with E-state index in [1.807, 2.05) is 6.92 Å². The average Bonchev–Trinajstić information content (AvgIpc) is 3.44. The molecule has 0 aliphatic heterocycles. The molecular formula is C24H33N7O4. The number of ether oxygens (including phenoxy) is 1. The van der Waals surface area contributed by atoms with E-state index < -0.39 is 35.6 Å². The first-order valence-corrected chi connectivity index (χ1v) is 11.6. The van der Waals surface area contributed by atoms with Gasteiger partial charge in [0, 0.05) is 30.3 Å². The van der Waals surface area contributed by atoms with Crippen LogP contribution in [0.25, 0.3) is 0 Å². The Morgan fingerprint density at radius 2 is 1.97 bits per heavy atom. The van der Waals surface area contributed by atoms with Gasteiger partial charge in [0.2, 0.25) is 0 Å². The van der Waals surface area contributed by atoms with Gasteiger partial charge in [0.1, 0.15) is 11.4 Å². The number of carbonyl (C=O) groups is 3. The Labute approximate surface area is 204 Å². The topological polar surface area (TPSA) is 146 Å². The minimum absolute atomic E-state index is 0.148. The normalized spacial score (nSPS) is 23.7. The number of aromatic nitrogens is 1. The van der Waals surface area contributed by atoms with Crippen LogP contribution in [-0.2, 0) is 14.3 Å². The number of carbonyl (C=O) groups excluding carboxylic acids is 3. The van der Waals surface area contributed by atoms with E-state index in [4.69, 9.17) is 4.74 Å². The zero-order chi connectivity index (χ0) is 25.6. The van der Waals surface area contributed by atoms with Crippen LogP contribution in [0.3, 0.4) is 0 Å². The second-order valence-corrected chi connectivity index (χ2v) is 9.87. The predicted molar refractivity (Wildman–Crippen MR) is 131 cm³/mol. The van der Waals surface area contributed by atoms with Crippen molar-refractivity contribution in [1.29, 1.82) is 0 Å². The number of rotatable bonds is 6. The predicted octanol–water partition coefficient (Wildman–Crippen LogP) is 3.27. The van der Waals surface area contributed by atoms with Crippen molar-refractivity contribution in [3.63, 3.8) is 0 Å². The van der Waals surface area contributed by atoms with E-state index in [1.54, 1.807) is 52.4 Å². The quantitative estimate of drug-likeness (QED) is 0.187. The molecular weight excluding hydrogens is 450 g/mol. The number of hydrogen-bond acceptors (Lipinski definition) is 7. The van der Waals surface area contributed by atoms with Crippen molar-refractivity contribution < 1.29 is 19.1 Å². The van der Waals surface area contributed by atoms with Crippen molar-refractivity contribution in [2.24, 2.45) is 20.9 Å². The van der Waals surface area contributed by atoms with Crippen LogP contribution in [0.15, 0.2) is 45.4 Å². The van der Waals surface area contributed by atoms with Crippen LogP contribution < -0.4 is 16.0 Å². The van der Waals surface area contributed by atoms with Crippen molar-refractivity contribution in [3.05, 3.63) is 35.5 Å². The van der Waals surface area contributed by atoms with Gasteiger partial charge in [-0.3, -0.25) is 9.59 Å². The fourth-order valence-corrected chi connectivity index (χ4v) is 4.19. The lowest BCUT2D eigenvalue weighted by molar-refractivity contribution is -0.137. The molecule has 2 aliphatic rings. The van der Waals surface area contributed by atoms with Gasteiger partial charge in [0.25, 0.3) is 0 Å². The van der Waals surface area contributed by atoms with Crippen LogP contribution in [-0.4, -0.2) is 53.8 Å². The zero-order valence-electron chi connectivity index (χ0n) is 20.8. The lowest BCUT2D eigenvalue weighted by Crippen LogP contribution is -2.57. The van der Waals surface area contributed by atoms with E-state index in [0.717, 1.165) is 12.0 Å².